The van der Waals surface area contributed by atoms with Crippen LogP contribution in [0.5, 0.6) is 5.75 Å². The maximum atomic E-state index is 12.2. The van der Waals surface area contributed by atoms with Crippen LogP contribution < -0.4 is 10.2 Å². The van der Waals surface area contributed by atoms with Crippen molar-refractivity contribution in [1.82, 2.24) is 5.43 Å². The molecule has 4 nitrogen and oxygen atoms in total. The monoisotopic (exact) mass is 354 g/mol. The molecule has 0 radical (unpaired) electrons. The van der Waals surface area contributed by atoms with E-state index in [9.17, 15) is 18.0 Å². The van der Waals surface area contributed by atoms with Gasteiger partial charge < -0.3 is 4.74 Å². The fraction of sp³-hybridized carbons (Fsp3) is 0.556. The minimum Gasteiger partial charge on any atom is -0.406 e. The summed E-state index contributed by atoms with van der Waals surface area (Å²) in [6.45, 7) is 6.68. The quantitative estimate of drug-likeness (QED) is 0.812. The van der Waals surface area contributed by atoms with E-state index in [-0.39, 0.29) is 22.1 Å². The van der Waals surface area contributed by atoms with E-state index in [1.165, 1.54) is 18.6 Å². The van der Waals surface area contributed by atoms with Crippen LogP contribution in [0.3, 0.4) is 0 Å². The second-order valence-corrected chi connectivity index (χ2v) is 7.57. The van der Waals surface area contributed by atoms with Crippen molar-refractivity contribution in [2.45, 2.75) is 46.4 Å². The molecule has 1 N–H and O–H groups in total. The molecule has 1 amide bonds. The second-order valence-electron chi connectivity index (χ2n) is 7.57. The molecular weight excluding hydrogens is 333 g/mol. The summed E-state index contributed by atoms with van der Waals surface area (Å²) >= 11 is 0. The average molecular weight is 354 g/mol. The van der Waals surface area contributed by atoms with Gasteiger partial charge in [0.2, 0.25) is 0 Å². The molecule has 3 rings (SSSR count). The lowest BCUT2D eigenvalue weighted by Crippen LogP contribution is -2.34. The number of nitrogens with zero attached hydrogens (tertiary/aromatic N) is 1. The third kappa shape index (κ3) is 3.12. The molecule has 2 aliphatic rings. The number of amides is 1. The first-order valence-electron chi connectivity index (χ1n) is 8.26. The molecule has 2 fully saturated rings. The lowest BCUT2D eigenvalue weighted by molar-refractivity contribution is -0.274. The highest BCUT2D eigenvalue weighted by molar-refractivity contribution is 5.98. The Morgan fingerprint density at radius 3 is 2.36 bits per heavy atom. The van der Waals surface area contributed by atoms with Crippen molar-refractivity contribution in [3.63, 3.8) is 0 Å². The number of ether oxygens (including phenoxy) is 1. The number of hydrogen-bond acceptors (Lipinski definition) is 3. The van der Waals surface area contributed by atoms with E-state index < -0.39 is 12.3 Å². The standard InChI is InChI=1S/C18H21F3N2O2/c1-16(2)12-8-9-17(16,3)14(10-12)22-23-15(24)11-4-6-13(7-5-11)25-18(19,20)21/h4-7,12H,8-10H2,1-3H3,(H,23,24)/b22-14+/t12-,17-/m0/s1. The topological polar surface area (TPSA) is 50.7 Å². The van der Waals surface area contributed by atoms with Crippen molar-refractivity contribution in [3.05, 3.63) is 29.8 Å². The summed E-state index contributed by atoms with van der Waals surface area (Å²) in [5, 5.41) is 4.34. The van der Waals surface area contributed by atoms with Crippen molar-refractivity contribution >= 4 is 11.6 Å². The minimum atomic E-state index is -4.75. The Morgan fingerprint density at radius 2 is 1.88 bits per heavy atom. The second kappa shape index (κ2) is 5.75. The number of rotatable bonds is 3. The first-order valence-corrected chi connectivity index (χ1v) is 8.26. The fourth-order valence-corrected chi connectivity index (χ4v) is 4.09. The van der Waals surface area contributed by atoms with Gasteiger partial charge in [0.05, 0.1) is 0 Å². The highest BCUT2D eigenvalue weighted by Gasteiger charge is 2.60. The number of carbonyl (C=O) groups is 1. The molecule has 0 heterocycles. The van der Waals surface area contributed by atoms with Gasteiger partial charge in [0.15, 0.2) is 0 Å². The van der Waals surface area contributed by atoms with Gasteiger partial charge in [-0.25, -0.2) is 5.43 Å². The third-order valence-corrected chi connectivity index (χ3v) is 6.15. The van der Waals surface area contributed by atoms with Gasteiger partial charge in [-0.05, 0) is 54.9 Å². The lowest BCUT2D eigenvalue weighted by Gasteiger charge is -2.34. The Hall–Kier alpha value is -2.05. The smallest absolute Gasteiger partial charge is 0.406 e. The van der Waals surface area contributed by atoms with Crippen LogP contribution in [0.4, 0.5) is 13.2 Å². The molecule has 2 aliphatic carbocycles. The van der Waals surface area contributed by atoms with Crippen molar-refractivity contribution < 1.29 is 22.7 Å². The van der Waals surface area contributed by atoms with E-state index in [1.54, 1.807) is 0 Å². The van der Waals surface area contributed by atoms with Crippen LogP contribution in [0.25, 0.3) is 0 Å². The third-order valence-electron chi connectivity index (χ3n) is 6.15. The highest BCUT2D eigenvalue weighted by atomic mass is 19.4. The van der Waals surface area contributed by atoms with Gasteiger partial charge in [-0.15, -0.1) is 13.2 Å². The zero-order valence-electron chi connectivity index (χ0n) is 14.4. The Bertz CT molecular complexity index is 710. The SMILES string of the molecule is CC1(C)[C@H]2CC[C@@]1(C)/C(=N/NC(=O)c1ccc(OC(F)(F)F)cc1)C2. The van der Waals surface area contributed by atoms with E-state index in [0.717, 1.165) is 30.7 Å². The van der Waals surface area contributed by atoms with Crippen LogP contribution >= 0.6 is 0 Å². The fourth-order valence-electron chi connectivity index (χ4n) is 4.09. The summed E-state index contributed by atoms with van der Waals surface area (Å²) in [6, 6.07) is 4.78. The van der Waals surface area contributed by atoms with E-state index in [1.807, 2.05) is 0 Å². The van der Waals surface area contributed by atoms with Crippen LogP contribution in [-0.2, 0) is 0 Å². The van der Waals surface area contributed by atoms with Crippen molar-refractivity contribution in [1.29, 1.82) is 0 Å². The van der Waals surface area contributed by atoms with Gasteiger partial charge >= 0.3 is 6.36 Å². The largest absolute Gasteiger partial charge is 0.573 e. The van der Waals surface area contributed by atoms with E-state index in [4.69, 9.17) is 0 Å². The number of hydrogen-bond donors (Lipinski definition) is 1. The van der Waals surface area contributed by atoms with Crippen LogP contribution in [0, 0.1) is 16.7 Å². The molecule has 136 valence electrons. The number of benzene rings is 1. The summed E-state index contributed by atoms with van der Waals surface area (Å²) in [5.74, 6) is -0.236. The minimum absolute atomic E-state index is 0.0185. The molecule has 2 bridgehead atoms. The normalized spacial score (nSPS) is 29.0. The zero-order valence-corrected chi connectivity index (χ0v) is 14.4. The predicted molar refractivity (Wildman–Crippen MR) is 87.3 cm³/mol. The molecule has 1 aromatic rings. The molecule has 1 aromatic carbocycles. The van der Waals surface area contributed by atoms with Crippen LogP contribution in [0.2, 0.25) is 0 Å². The van der Waals surface area contributed by atoms with Crippen molar-refractivity contribution in [2.24, 2.45) is 21.8 Å². The predicted octanol–water partition coefficient (Wildman–Crippen LogP) is 4.52. The average Bonchev–Trinajstić information content (AvgIpc) is 2.84. The maximum absolute atomic E-state index is 12.2. The molecule has 0 aromatic heterocycles. The molecule has 2 saturated carbocycles. The summed E-state index contributed by atoms with van der Waals surface area (Å²) in [7, 11) is 0. The van der Waals surface area contributed by atoms with Gasteiger partial charge in [-0.2, -0.15) is 5.10 Å². The molecular formula is C18H21F3N2O2. The van der Waals surface area contributed by atoms with Crippen LogP contribution in [-0.4, -0.2) is 18.0 Å². The first kappa shape index (κ1) is 17.8. The molecule has 2 atom stereocenters. The lowest BCUT2D eigenvalue weighted by atomic mass is 9.70. The Balaban J connectivity index is 1.68. The van der Waals surface area contributed by atoms with Gasteiger partial charge in [-0.1, -0.05) is 20.8 Å². The Kier molecular flexibility index (Phi) is 4.08. The molecule has 0 saturated heterocycles. The van der Waals surface area contributed by atoms with E-state index in [0.29, 0.717) is 5.92 Å². The van der Waals surface area contributed by atoms with Crippen molar-refractivity contribution in [2.75, 3.05) is 0 Å². The molecule has 0 spiro atoms. The number of nitrogens with one attached hydrogen (secondary N) is 1. The number of fused-ring (bicyclic) bond motifs is 2. The summed E-state index contributed by atoms with van der Waals surface area (Å²) < 4.78 is 40.2. The molecule has 0 aliphatic heterocycles. The summed E-state index contributed by atoms with van der Waals surface area (Å²) in [6.07, 6.45) is -1.64. The van der Waals surface area contributed by atoms with Gasteiger partial charge in [0.25, 0.3) is 5.91 Å². The number of alkyl halides is 3. The zero-order chi connectivity index (χ0) is 18.5. The maximum Gasteiger partial charge on any atom is 0.573 e. The van der Waals surface area contributed by atoms with Crippen molar-refractivity contribution in [3.8, 4) is 5.75 Å². The number of halogens is 3. The van der Waals surface area contributed by atoms with E-state index >= 15 is 0 Å². The van der Waals surface area contributed by atoms with Gasteiger partial charge in [-0.3, -0.25) is 4.79 Å². The Labute approximate surface area is 144 Å². The molecule has 25 heavy (non-hydrogen) atoms. The van der Waals surface area contributed by atoms with Gasteiger partial charge in [0, 0.05) is 16.7 Å². The summed E-state index contributed by atoms with van der Waals surface area (Å²) in [4.78, 5) is 12.2. The number of hydrazone groups is 1. The van der Waals surface area contributed by atoms with Crippen LogP contribution in [0.1, 0.15) is 50.4 Å². The number of carbonyl (C=O) groups excluding carboxylic acids is 1. The molecule has 7 heteroatoms. The molecule has 0 unspecified atom stereocenters. The summed E-state index contributed by atoms with van der Waals surface area (Å²) in [5.41, 5.74) is 3.91. The Morgan fingerprint density at radius 1 is 1.24 bits per heavy atom. The van der Waals surface area contributed by atoms with E-state index in [2.05, 4.69) is 36.0 Å². The highest BCUT2D eigenvalue weighted by Crippen LogP contribution is 2.63. The van der Waals surface area contributed by atoms with Crippen LogP contribution in [0.15, 0.2) is 29.4 Å². The van der Waals surface area contributed by atoms with Gasteiger partial charge in [0.1, 0.15) is 5.75 Å². The first-order chi connectivity index (χ1) is 11.5.